The molecule has 0 atom stereocenters. The normalized spacial score (nSPS) is 10.4. The molecule has 0 unspecified atom stereocenters. The van der Waals surface area contributed by atoms with Crippen LogP contribution < -0.4 is 0 Å². The van der Waals surface area contributed by atoms with Gasteiger partial charge in [0.05, 0.1) is 0 Å². The highest BCUT2D eigenvalue weighted by Gasteiger charge is 2.08. The fourth-order valence-corrected chi connectivity index (χ4v) is 1.24. The zero-order chi connectivity index (χ0) is 10.1. The zero-order valence-corrected chi connectivity index (χ0v) is 7.29. The van der Waals surface area contributed by atoms with E-state index in [4.69, 9.17) is 4.42 Å². The van der Waals surface area contributed by atoms with Crippen LogP contribution in [0, 0.1) is 5.82 Å². The number of carbonyl (C=O) groups is 1. The number of furan rings is 1. The van der Waals surface area contributed by atoms with Gasteiger partial charge in [0.25, 0.3) is 0 Å². The molecule has 14 heavy (non-hydrogen) atoms. The van der Waals surface area contributed by atoms with Crippen molar-refractivity contribution in [2.24, 2.45) is 0 Å². The number of halogens is 1. The van der Waals surface area contributed by atoms with E-state index in [1.165, 1.54) is 24.3 Å². The van der Waals surface area contributed by atoms with E-state index >= 15 is 0 Å². The average Bonchev–Trinajstić information content (AvgIpc) is 2.59. The Labute approximate surface area is 79.6 Å². The van der Waals surface area contributed by atoms with E-state index in [2.05, 4.69) is 6.58 Å². The van der Waals surface area contributed by atoms with Crippen molar-refractivity contribution in [3.05, 3.63) is 48.5 Å². The summed E-state index contributed by atoms with van der Waals surface area (Å²) in [7, 11) is 0. The highest BCUT2D eigenvalue weighted by atomic mass is 19.1. The smallest absolute Gasteiger partial charge is 0.220 e. The summed E-state index contributed by atoms with van der Waals surface area (Å²) in [6.45, 7) is 3.34. The third-order valence-corrected chi connectivity index (χ3v) is 1.91. The molecule has 0 saturated heterocycles. The first-order valence-electron chi connectivity index (χ1n) is 4.06. The molecule has 0 aliphatic rings. The second-order valence-corrected chi connectivity index (χ2v) is 2.86. The Morgan fingerprint density at radius 2 is 2.21 bits per heavy atom. The van der Waals surface area contributed by atoms with Crippen molar-refractivity contribution in [3.8, 4) is 0 Å². The lowest BCUT2D eigenvalue weighted by atomic mass is 10.2. The van der Waals surface area contributed by atoms with Gasteiger partial charge in [0.15, 0.2) is 5.76 Å². The summed E-state index contributed by atoms with van der Waals surface area (Å²) in [5.41, 5.74) is 0.497. The Balaban J connectivity index is 2.62. The number of allylic oxidation sites excluding steroid dienone is 1. The first-order chi connectivity index (χ1) is 6.70. The molecule has 2 aromatic rings. The monoisotopic (exact) mass is 190 g/mol. The molecule has 0 amide bonds. The highest BCUT2D eigenvalue weighted by molar-refractivity contribution is 6.04. The maximum atomic E-state index is 12.8. The molecule has 0 N–H and O–H groups in total. The second-order valence-electron chi connectivity index (χ2n) is 2.86. The molecule has 0 bridgehead atoms. The van der Waals surface area contributed by atoms with Crippen LogP contribution in [0.2, 0.25) is 0 Å². The molecule has 1 aromatic carbocycles. The van der Waals surface area contributed by atoms with Crippen molar-refractivity contribution in [2.45, 2.75) is 0 Å². The first-order valence-corrected chi connectivity index (χ1v) is 4.06. The molecular formula is C11H7FO2. The zero-order valence-electron chi connectivity index (χ0n) is 7.29. The fourth-order valence-electron chi connectivity index (χ4n) is 1.24. The van der Waals surface area contributed by atoms with Gasteiger partial charge in [0, 0.05) is 5.39 Å². The number of benzene rings is 1. The van der Waals surface area contributed by atoms with Crippen molar-refractivity contribution >= 4 is 16.8 Å². The molecular weight excluding hydrogens is 183 g/mol. The largest absolute Gasteiger partial charge is 0.453 e. The van der Waals surface area contributed by atoms with Gasteiger partial charge in [-0.2, -0.15) is 0 Å². The number of ketones is 1. The SMILES string of the molecule is C=CC(=O)c1cc2cc(F)ccc2o1. The van der Waals surface area contributed by atoms with Crippen LogP contribution in [0.3, 0.4) is 0 Å². The van der Waals surface area contributed by atoms with Gasteiger partial charge in [0.2, 0.25) is 5.78 Å². The summed E-state index contributed by atoms with van der Waals surface area (Å²) in [6.07, 6.45) is 1.16. The molecule has 0 radical (unpaired) electrons. The Kier molecular flexibility index (Phi) is 1.93. The van der Waals surface area contributed by atoms with Gasteiger partial charge < -0.3 is 4.42 Å². The third kappa shape index (κ3) is 1.33. The Morgan fingerprint density at radius 1 is 1.43 bits per heavy atom. The average molecular weight is 190 g/mol. The topological polar surface area (TPSA) is 30.2 Å². The van der Waals surface area contributed by atoms with Crippen molar-refractivity contribution in [1.82, 2.24) is 0 Å². The van der Waals surface area contributed by atoms with Crippen LogP contribution in [0.5, 0.6) is 0 Å². The van der Waals surface area contributed by atoms with E-state index in [9.17, 15) is 9.18 Å². The van der Waals surface area contributed by atoms with Gasteiger partial charge in [-0.15, -0.1) is 0 Å². The van der Waals surface area contributed by atoms with Gasteiger partial charge >= 0.3 is 0 Å². The molecule has 3 heteroatoms. The summed E-state index contributed by atoms with van der Waals surface area (Å²) in [4.78, 5) is 11.2. The molecule has 0 aliphatic heterocycles. The van der Waals surface area contributed by atoms with Gasteiger partial charge in [-0.3, -0.25) is 4.79 Å². The van der Waals surface area contributed by atoms with Crippen LogP contribution in [0.4, 0.5) is 4.39 Å². The number of hydrogen-bond donors (Lipinski definition) is 0. The standard InChI is InChI=1S/C11H7FO2/c1-2-9(13)11-6-7-5-8(12)3-4-10(7)14-11/h2-6H,1H2. The first kappa shape index (κ1) is 8.69. The molecule has 0 aliphatic carbocycles. The summed E-state index contributed by atoms with van der Waals surface area (Å²) >= 11 is 0. The molecule has 1 heterocycles. The quantitative estimate of drug-likeness (QED) is 0.538. The van der Waals surface area contributed by atoms with E-state index < -0.39 is 0 Å². The van der Waals surface area contributed by atoms with Crippen LogP contribution in [0.25, 0.3) is 11.0 Å². The number of hydrogen-bond acceptors (Lipinski definition) is 2. The molecule has 2 nitrogen and oxygen atoms in total. The lowest BCUT2D eigenvalue weighted by Crippen LogP contribution is -1.88. The van der Waals surface area contributed by atoms with Gasteiger partial charge in [-0.25, -0.2) is 4.39 Å². The van der Waals surface area contributed by atoms with Crippen LogP contribution in [0.1, 0.15) is 10.6 Å². The van der Waals surface area contributed by atoms with Crippen LogP contribution in [-0.4, -0.2) is 5.78 Å². The van der Waals surface area contributed by atoms with Gasteiger partial charge in [-0.05, 0) is 30.3 Å². The van der Waals surface area contributed by atoms with Crippen molar-refractivity contribution in [1.29, 1.82) is 0 Å². The van der Waals surface area contributed by atoms with Crippen molar-refractivity contribution in [3.63, 3.8) is 0 Å². The number of fused-ring (bicyclic) bond motifs is 1. The van der Waals surface area contributed by atoms with Gasteiger partial charge in [0.1, 0.15) is 11.4 Å². The Bertz CT molecular complexity index is 511. The van der Waals surface area contributed by atoms with Crippen LogP contribution in [0.15, 0.2) is 41.3 Å². The number of rotatable bonds is 2. The minimum absolute atomic E-state index is 0.181. The van der Waals surface area contributed by atoms with E-state index in [1.54, 1.807) is 0 Å². The summed E-state index contributed by atoms with van der Waals surface area (Å²) in [5.74, 6) is -0.474. The van der Waals surface area contributed by atoms with Crippen LogP contribution in [-0.2, 0) is 0 Å². The molecule has 2 rings (SSSR count). The Morgan fingerprint density at radius 3 is 2.93 bits per heavy atom. The van der Waals surface area contributed by atoms with Crippen molar-refractivity contribution in [2.75, 3.05) is 0 Å². The predicted molar refractivity (Wildman–Crippen MR) is 50.7 cm³/mol. The lowest BCUT2D eigenvalue weighted by molar-refractivity contribution is 0.102. The Hall–Kier alpha value is -1.90. The summed E-state index contributed by atoms with van der Waals surface area (Å²) < 4.78 is 18.0. The van der Waals surface area contributed by atoms with Gasteiger partial charge in [-0.1, -0.05) is 6.58 Å². The molecule has 70 valence electrons. The maximum Gasteiger partial charge on any atom is 0.220 e. The van der Waals surface area contributed by atoms with Crippen molar-refractivity contribution < 1.29 is 13.6 Å². The lowest BCUT2D eigenvalue weighted by Gasteiger charge is -1.86. The highest BCUT2D eigenvalue weighted by Crippen LogP contribution is 2.20. The predicted octanol–water partition coefficient (Wildman–Crippen LogP) is 2.94. The molecule has 0 spiro atoms. The molecule has 0 fully saturated rings. The van der Waals surface area contributed by atoms with E-state index in [1.807, 2.05) is 0 Å². The second kappa shape index (κ2) is 3.10. The molecule has 1 aromatic heterocycles. The fraction of sp³-hybridized carbons (Fsp3) is 0. The van der Waals surface area contributed by atoms with E-state index in [-0.39, 0.29) is 17.4 Å². The molecule has 0 saturated carbocycles. The van der Waals surface area contributed by atoms with E-state index in [0.717, 1.165) is 6.08 Å². The third-order valence-electron chi connectivity index (χ3n) is 1.91. The number of carbonyl (C=O) groups excluding carboxylic acids is 1. The summed E-state index contributed by atoms with van der Waals surface area (Å²) in [6, 6.07) is 5.60. The van der Waals surface area contributed by atoms with Crippen LogP contribution >= 0.6 is 0 Å². The minimum atomic E-state index is -0.351. The minimum Gasteiger partial charge on any atom is -0.453 e. The van der Waals surface area contributed by atoms with E-state index in [0.29, 0.717) is 11.0 Å². The maximum absolute atomic E-state index is 12.8. The summed E-state index contributed by atoms with van der Waals surface area (Å²) in [5, 5.41) is 0.579.